The van der Waals surface area contributed by atoms with Gasteiger partial charge in [-0.1, -0.05) is 0 Å². The van der Waals surface area contributed by atoms with E-state index in [1.165, 1.54) is 0 Å². The summed E-state index contributed by atoms with van der Waals surface area (Å²) in [5.74, 6) is 0.0230. The predicted molar refractivity (Wildman–Crippen MR) is 77.9 cm³/mol. The Balaban J connectivity index is 1.73. The molecule has 0 aromatic carbocycles. The van der Waals surface area contributed by atoms with Crippen molar-refractivity contribution < 1.29 is 10.2 Å². The number of hydrogen-bond acceptors (Lipinski definition) is 6. The van der Waals surface area contributed by atoms with Crippen LogP contribution in [0.25, 0.3) is 11.0 Å². The number of nitrogens with one attached hydrogen (secondary N) is 2. The molecular weight excluding hydrogens is 274 g/mol. The van der Waals surface area contributed by atoms with Crippen molar-refractivity contribution in [3.63, 3.8) is 0 Å². The number of rotatable bonds is 4. The van der Waals surface area contributed by atoms with Gasteiger partial charge >= 0.3 is 0 Å². The van der Waals surface area contributed by atoms with Gasteiger partial charge in [-0.25, -0.2) is 4.98 Å². The maximum absolute atomic E-state index is 11.7. The summed E-state index contributed by atoms with van der Waals surface area (Å²) in [4.78, 5) is 23.4. The quantitative estimate of drug-likeness (QED) is 0.474. The van der Waals surface area contributed by atoms with Crippen LogP contribution in [-0.4, -0.2) is 62.4 Å². The molecule has 0 spiro atoms. The van der Waals surface area contributed by atoms with E-state index in [0.717, 1.165) is 12.1 Å². The van der Waals surface area contributed by atoms with Crippen molar-refractivity contribution in [1.82, 2.24) is 19.9 Å². The number of aromatic amines is 2. The number of anilines is 1. The monoisotopic (exact) mass is 293 g/mol. The van der Waals surface area contributed by atoms with Crippen LogP contribution >= 0.6 is 0 Å². The van der Waals surface area contributed by atoms with Crippen molar-refractivity contribution in [1.29, 1.82) is 0 Å². The second-order valence-electron chi connectivity index (χ2n) is 5.51. The first-order valence-electron chi connectivity index (χ1n) is 6.95. The Hall–Kier alpha value is -1.90. The lowest BCUT2D eigenvalue weighted by Crippen LogP contribution is -2.24. The second-order valence-corrected chi connectivity index (χ2v) is 5.51. The van der Waals surface area contributed by atoms with Gasteiger partial charge in [0.25, 0.3) is 5.56 Å². The highest BCUT2D eigenvalue weighted by molar-refractivity contribution is 5.78. The van der Waals surface area contributed by atoms with Crippen molar-refractivity contribution in [2.24, 2.45) is 5.92 Å². The maximum Gasteiger partial charge on any atom is 0.276 e. The molecule has 0 radical (unpaired) electrons. The zero-order chi connectivity index (χ0) is 15.0. The summed E-state index contributed by atoms with van der Waals surface area (Å²) < 4.78 is 0. The fourth-order valence-corrected chi connectivity index (χ4v) is 2.86. The molecule has 0 amide bonds. The second kappa shape index (κ2) is 5.47. The van der Waals surface area contributed by atoms with Crippen molar-refractivity contribution in [2.45, 2.75) is 12.5 Å². The number of β-amino-alcohol motifs (C(OH)–C–C–N with tert-alkyl or cyclic N) is 1. The van der Waals surface area contributed by atoms with E-state index in [9.17, 15) is 9.90 Å². The van der Waals surface area contributed by atoms with Crippen LogP contribution in [0.4, 0.5) is 5.95 Å². The minimum Gasteiger partial charge on any atom is -0.396 e. The molecule has 0 unspecified atom stereocenters. The van der Waals surface area contributed by atoms with Crippen molar-refractivity contribution in [3.8, 4) is 0 Å². The average Bonchev–Trinajstić information content (AvgIpc) is 3.00. The van der Waals surface area contributed by atoms with Gasteiger partial charge < -0.3 is 20.9 Å². The van der Waals surface area contributed by atoms with Crippen LogP contribution < -0.4 is 11.3 Å². The molecule has 2 aromatic rings. The molecule has 0 aliphatic carbocycles. The highest BCUT2D eigenvalue weighted by atomic mass is 16.3. The third kappa shape index (κ3) is 2.65. The third-order valence-electron chi connectivity index (χ3n) is 4.05. The van der Waals surface area contributed by atoms with Gasteiger partial charge in [-0.2, -0.15) is 0 Å². The van der Waals surface area contributed by atoms with E-state index in [1.807, 2.05) is 0 Å². The highest BCUT2D eigenvalue weighted by Crippen LogP contribution is 2.19. The van der Waals surface area contributed by atoms with Crippen molar-refractivity contribution in [3.05, 3.63) is 22.1 Å². The van der Waals surface area contributed by atoms with Crippen LogP contribution in [0.5, 0.6) is 0 Å². The van der Waals surface area contributed by atoms with E-state index in [4.69, 9.17) is 10.8 Å². The lowest BCUT2D eigenvalue weighted by molar-refractivity contribution is 0.103. The van der Waals surface area contributed by atoms with Gasteiger partial charge in [0.05, 0.1) is 6.10 Å². The van der Waals surface area contributed by atoms with E-state index in [0.29, 0.717) is 30.5 Å². The summed E-state index contributed by atoms with van der Waals surface area (Å²) >= 11 is 0. The van der Waals surface area contributed by atoms with Crippen LogP contribution in [0.15, 0.2) is 11.0 Å². The minimum absolute atomic E-state index is 0.00177. The summed E-state index contributed by atoms with van der Waals surface area (Å²) in [7, 11) is 0. The number of aromatic nitrogens is 3. The van der Waals surface area contributed by atoms with E-state index in [-0.39, 0.29) is 24.0 Å². The fourth-order valence-electron chi connectivity index (χ4n) is 2.86. The molecule has 3 heterocycles. The van der Waals surface area contributed by atoms with Gasteiger partial charge in [0, 0.05) is 38.4 Å². The summed E-state index contributed by atoms with van der Waals surface area (Å²) in [6, 6.07) is 0. The fraction of sp³-hybridized carbons (Fsp3) is 0.538. The Kier molecular flexibility index (Phi) is 3.66. The molecule has 1 aliphatic rings. The topological polar surface area (TPSA) is 131 Å². The standard InChI is InChI=1S/C13H19N5O3/c14-13-16-10-7(3-15-11(10)12(21)17-13)1-2-18-4-8(6-19)9(20)5-18/h3,8-9,15,19-20H,1-2,4-6H2,(H3,14,16,17,21)/t8-,9-/m0/s1. The summed E-state index contributed by atoms with van der Waals surface area (Å²) in [5, 5.41) is 18.9. The number of aliphatic hydroxyl groups excluding tert-OH is 2. The molecule has 2 aromatic heterocycles. The number of nitrogens with two attached hydrogens (primary N) is 1. The number of H-pyrrole nitrogens is 2. The number of fused-ring (bicyclic) bond motifs is 1. The maximum atomic E-state index is 11.7. The van der Waals surface area contributed by atoms with Crippen LogP contribution in [0.1, 0.15) is 5.56 Å². The number of aliphatic hydroxyl groups is 2. The molecule has 6 N–H and O–H groups in total. The molecule has 3 rings (SSSR count). The van der Waals surface area contributed by atoms with Crippen LogP contribution in [0, 0.1) is 5.92 Å². The molecule has 2 atom stereocenters. The zero-order valence-electron chi connectivity index (χ0n) is 11.5. The number of nitrogens with zero attached hydrogens (tertiary/aromatic N) is 2. The first-order valence-corrected chi connectivity index (χ1v) is 6.95. The minimum atomic E-state index is -0.477. The van der Waals surface area contributed by atoms with Crippen LogP contribution in [0.2, 0.25) is 0 Å². The Labute approximate surface area is 120 Å². The van der Waals surface area contributed by atoms with E-state index < -0.39 is 6.10 Å². The molecule has 1 fully saturated rings. The Bertz CT molecular complexity index is 695. The molecule has 8 heteroatoms. The van der Waals surface area contributed by atoms with E-state index in [1.54, 1.807) is 6.20 Å². The van der Waals surface area contributed by atoms with Crippen molar-refractivity contribution in [2.75, 3.05) is 32.0 Å². The molecule has 114 valence electrons. The highest BCUT2D eigenvalue weighted by Gasteiger charge is 2.30. The van der Waals surface area contributed by atoms with Gasteiger partial charge in [0.1, 0.15) is 11.0 Å². The largest absolute Gasteiger partial charge is 0.396 e. The lowest BCUT2D eigenvalue weighted by atomic mass is 10.1. The predicted octanol–water partition coefficient (Wildman–Crippen LogP) is -1.34. The molecule has 21 heavy (non-hydrogen) atoms. The average molecular weight is 293 g/mol. The van der Waals surface area contributed by atoms with Gasteiger partial charge in [-0.15, -0.1) is 0 Å². The Morgan fingerprint density at radius 1 is 1.48 bits per heavy atom. The Morgan fingerprint density at radius 3 is 3.00 bits per heavy atom. The third-order valence-corrected chi connectivity index (χ3v) is 4.05. The van der Waals surface area contributed by atoms with Gasteiger partial charge in [-0.05, 0) is 12.0 Å². The number of nitrogen functional groups attached to an aromatic ring is 1. The summed E-state index contributed by atoms with van der Waals surface area (Å²) in [6.45, 7) is 1.97. The SMILES string of the molecule is Nc1nc2c(CCN3C[C@@H](CO)[C@@H](O)C3)c[nH]c2c(=O)[nH]1. The first-order chi connectivity index (χ1) is 10.1. The van der Waals surface area contributed by atoms with E-state index >= 15 is 0 Å². The Morgan fingerprint density at radius 2 is 2.29 bits per heavy atom. The van der Waals surface area contributed by atoms with Gasteiger partial charge in [0.15, 0.2) is 0 Å². The number of likely N-dealkylation sites (tertiary alicyclic amines) is 1. The van der Waals surface area contributed by atoms with Crippen LogP contribution in [-0.2, 0) is 6.42 Å². The smallest absolute Gasteiger partial charge is 0.276 e. The molecular formula is C13H19N5O3. The van der Waals surface area contributed by atoms with E-state index in [2.05, 4.69) is 19.9 Å². The van der Waals surface area contributed by atoms with Gasteiger partial charge in [0.2, 0.25) is 5.95 Å². The molecule has 1 saturated heterocycles. The molecule has 0 bridgehead atoms. The normalized spacial score (nSPS) is 23.1. The summed E-state index contributed by atoms with van der Waals surface area (Å²) in [5.41, 5.74) is 7.23. The lowest BCUT2D eigenvalue weighted by Gasteiger charge is -2.14. The van der Waals surface area contributed by atoms with Crippen molar-refractivity contribution >= 4 is 17.0 Å². The molecule has 8 nitrogen and oxygen atoms in total. The molecule has 1 aliphatic heterocycles. The first kappa shape index (κ1) is 14.1. The van der Waals surface area contributed by atoms with Gasteiger partial charge in [-0.3, -0.25) is 14.7 Å². The molecule has 0 saturated carbocycles. The van der Waals surface area contributed by atoms with Crippen LogP contribution in [0.3, 0.4) is 0 Å². The summed E-state index contributed by atoms with van der Waals surface area (Å²) in [6.07, 6.45) is 1.98. The zero-order valence-corrected chi connectivity index (χ0v) is 11.5. The number of hydrogen-bond donors (Lipinski definition) is 5.